The zero-order chi connectivity index (χ0) is 12.0. The molecule has 2 aromatic heterocycles. The maximum Gasteiger partial charge on any atom is 0.183 e. The van der Waals surface area contributed by atoms with Crippen molar-refractivity contribution in [2.75, 3.05) is 12.3 Å². The van der Waals surface area contributed by atoms with Crippen molar-refractivity contribution in [2.45, 2.75) is 18.4 Å². The highest BCUT2D eigenvalue weighted by molar-refractivity contribution is 5.81. The standard InChI is InChI=1S/C10H13N5O2/c11-8-6-10(13-3-12-8)15-9(14-6)5-1-4(2-16)7(5)17/h3-5,7,16-17H,1-2H2,(H3,11,12,13,14,15)/t4-,5-,7-/m1/s1. The van der Waals surface area contributed by atoms with Crippen LogP contribution in [0, 0.1) is 5.92 Å². The van der Waals surface area contributed by atoms with Gasteiger partial charge in [0.25, 0.3) is 0 Å². The number of rotatable bonds is 2. The third-order valence-corrected chi connectivity index (χ3v) is 3.37. The first kappa shape index (κ1) is 10.4. The highest BCUT2D eigenvalue weighted by atomic mass is 16.3. The molecule has 17 heavy (non-hydrogen) atoms. The van der Waals surface area contributed by atoms with E-state index in [9.17, 15) is 5.11 Å². The number of H-pyrrole nitrogens is 1. The molecule has 1 saturated carbocycles. The number of imidazole rings is 1. The van der Waals surface area contributed by atoms with Gasteiger partial charge in [-0.1, -0.05) is 0 Å². The Labute approximate surface area is 96.7 Å². The molecular formula is C10H13N5O2. The molecule has 0 saturated heterocycles. The monoisotopic (exact) mass is 235 g/mol. The van der Waals surface area contributed by atoms with E-state index < -0.39 is 6.10 Å². The number of fused-ring (bicyclic) bond motifs is 1. The lowest BCUT2D eigenvalue weighted by Gasteiger charge is -2.38. The molecule has 0 spiro atoms. The molecule has 1 fully saturated rings. The minimum Gasteiger partial charge on any atom is -0.396 e. The summed E-state index contributed by atoms with van der Waals surface area (Å²) in [6.45, 7) is -0.000159. The lowest BCUT2D eigenvalue weighted by molar-refractivity contribution is -0.0326. The molecule has 3 rings (SSSR count). The lowest BCUT2D eigenvalue weighted by Crippen LogP contribution is -2.42. The van der Waals surface area contributed by atoms with Crippen LogP contribution >= 0.6 is 0 Å². The second-order valence-electron chi connectivity index (χ2n) is 4.36. The topological polar surface area (TPSA) is 121 Å². The Balaban J connectivity index is 1.95. The fourth-order valence-electron chi connectivity index (χ4n) is 2.23. The van der Waals surface area contributed by atoms with Gasteiger partial charge >= 0.3 is 0 Å². The Bertz CT molecular complexity index is 555. The van der Waals surface area contributed by atoms with Gasteiger partial charge in [0, 0.05) is 18.4 Å². The van der Waals surface area contributed by atoms with E-state index >= 15 is 0 Å². The van der Waals surface area contributed by atoms with Crippen molar-refractivity contribution in [3.8, 4) is 0 Å². The number of aliphatic hydroxyl groups is 2. The number of nitrogens with zero attached hydrogens (tertiary/aromatic N) is 3. The Hall–Kier alpha value is -1.73. The van der Waals surface area contributed by atoms with Gasteiger partial charge in [0.1, 0.15) is 17.7 Å². The van der Waals surface area contributed by atoms with Crippen LogP contribution < -0.4 is 5.73 Å². The van der Waals surface area contributed by atoms with Gasteiger partial charge in [0.15, 0.2) is 11.5 Å². The van der Waals surface area contributed by atoms with E-state index in [1.54, 1.807) is 0 Å². The molecule has 0 aromatic carbocycles. The zero-order valence-electron chi connectivity index (χ0n) is 9.04. The quantitative estimate of drug-likeness (QED) is 0.551. The van der Waals surface area contributed by atoms with Gasteiger partial charge in [-0.25, -0.2) is 15.0 Å². The summed E-state index contributed by atoms with van der Waals surface area (Å²) in [6.07, 6.45) is 1.51. The van der Waals surface area contributed by atoms with Gasteiger partial charge < -0.3 is 20.9 Å². The predicted molar refractivity (Wildman–Crippen MR) is 60.0 cm³/mol. The summed E-state index contributed by atoms with van der Waals surface area (Å²) < 4.78 is 0. The summed E-state index contributed by atoms with van der Waals surface area (Å²) in [6, 6.07) is 0. The molecular weight excluding hydrogens is 222 g/mol. The van der Waals surface area contributed by atoms with Gasteiger partial charge in [0.05, 0.1) is 6.10 Å². The molecule has 2 heterocycles. The van der Waals surface area contributed by atoms with Crippen molar-refractivity contribution < 1.29 is 10.2 Å². The third-order valence-electron chi connectivity index (χ3n) is 3.37. The fraction of sp³-hybridized carbons (Fsp3) is 0.500. The first-order chi connectivity index (χ1) is 8.20. The molecule has 90 valence electrons. The van der Waals surface area contributed by atoms with E-state index in [0.29, 0.717) is 29.2 Å². The first-order valence-electron chi connectivity index (χ1n) is 5.45. The van der Waals surface area contributed by atoms with E-state index in [-0.39, 0.29) is 18.4 Å². The number of nitrogens with two attached hydrogens (primary N) is 1. The zero-order valence-corrected chi connectivity index (χ0v) is 9.04. The van der Waals surface area contributed by atoms with Gasteiger partial charge in [0.2, 0.25) is 0 Å². The lowest BCUT2D eigenvalue weighted by atomic mass is 9.72. The Morgan fingerprint density at radius 1 is 1.47 bits per heavy atom. The predicted octanol–water partition coefficient (Wildman–Crippen LogP) is -0.608. The van der Waals surface area contributed by atoms with E-state index in [1.165, 1.54) is 6.33 Å². The number of nitrogen functional groups attached to an aromatic ring is 1. The Morgan fingerprint density at radius 3 is 2.94 bits per heavy atom. The maximum absolute atomic E-state index is 9.83. The minimum atomic E-state index is -0.560. The first-order valence-corrected chi connectivity index (χ1v) is 5.45. The normalized spacial score (nSPS) is 28.2. The van der Waals surface area contributed by atoms with Crippen LogP contribution in [0.15, 0.2) is 6.33 Å². The number of hydrogen-bond acceptors (Lipinski definition) is 6. The van der Waals surface area contributed by atoms with Crippen LogP contribution in [0.3, 0.4) is 0 Å². The maximum atomic E-state index is 9.83. The summed E-state index contributed by atoms with van der Waals surface area (Å²) in [4.78, 5) is 15.2. The molecule has 0 amide bonds. The van der Waals surface area contributed by atoms with Crippen LogP contribution in [0.2, 0.25) is 0 Å². The summed E-state index contributed by atoms with van der Waals surface area (Å²) in [7, 11) is 0. The van der Waals surface area contributed by atoms with Crippen LogP contribution in [0.4, 0.5) is 5.82 Å². The SMILES string of the molecule is Nc1ncnc2nc([C@@H]3C[C@H](CO)[C@H]3O)[nH]c12. The Kier molecular flexibility index (Phi) is 2.23. The molecule has 1 aliphatic carbocycles. The van der Waals surface area contributed by atoms with Crippen LogP contribution in [0.5, 0.6) is 0 Å². The molecule has 0 radical (unpaired) electrons. The molecule has 3 atom stereocenters. The van der Waals surface area contributed by atoms with Crippen molar-refractivity contribution in [3.05, 3.63) is 12.2 Å². The molecule has 1 aliphatic rings. The summed E-state index contributed by atoms with van der Waals surface area (Å²) in [5.41, 5.74) is 6.80. The summed E-state index contributed by atoms with van der Waals surface area (Å²) >= 11 is 0. The largest absolute Gasteiger partial charge is 0.396 e. The summed E-state index contributed by atoms with van der Waals surface area (Å²) in [5, 5.41) is 18.8. The van der Waals surface area contributed by atoms with Crippen molar-refractivity contribution in [3.63, 3.8) is 0 Å². The second-order valence-corrected chi connectivity index (χ2v) is 4.36. The fourth-order valence-corrected chi connectivity index (χ4v) is 2.23. The molecule has 7 nitrogen and oxygen atoms in total. The second kappa shape index (κ2) is 3.64. The average Bonchev–Trinajstić information content (AvgIpc) is 2.73. The number of aliphatic hydroxyl groups excluding tert-OH is 2. The molecule has 0 bridgehead atoms. The highest BCUT2D eigenvalue weighted by Crippen LogP contribution is 2.40. The number of aromatic amines is 1. The van der Waals surface area contributed by atoms with Gasteiger partial charge in [-0.2, -0.15) is 0 Å². The summed E-state index contributed by atoms with van der Waals surface area (Å²) in [5.74, 6) is 0.864. The molecule has 0 unspecified atom stereocenters. The molecule has 0 aliphatic heterocycles. The molecule has 2 aromatic rings. The number of hydrogen-bond donors (Lipinski definition) is 4. The van der Waals surface area contributed by atoms with Gasteiger partial charge in [-0.15, -0.1) is 0 Å². The van der Waals surface area contributed by atoms with E-state index in [4.69, 9.17) is 10.8 Å². The van der Waals surface area contributed by atoms with E-state index in [2.05, 4.69) is 19.9 Å². The Morgan fingerprint density at radius 2 is 2.29 bits per heavy atom. The molecule has 7 heteroatoms. The van der Waals surface area contributed by atoms with Crippen molar-refractivity contribution in [1.82, 2.24) is 19.9 Å². The number of nitrogens with one attached hydrogen (secondary N) is 1. The smallest absolute Gasteiger partial charge is 0.183 e. The minimum absolute atomic E-state index is 0.000159. The van der Waals surface area contributed by atoms with Crippen molar-refractivity contribution in [1.29, 1.82) is 0 Å². The number of anilines is 1. The van der Waals surface area contributed by atoms with Gasteiger partial charge in [-0.05, 0) is 6.42 Å². The van der Waals surface area contributed by atoms with Crippen LogP contribution in [0.1, 0.15) is 18.2 Å². The van der Waals surface area contributed by atoms with Crippen LogP contribution in [0.25, 0.3) is 11.2 Å². The van der Waals surface area contributed by atoms with E-state index in [0.717, 1.165) is 0 Å². The molecule has 5 N–H and O–H groups in total. The van der Waals surface area contributed by atoms with Crippen molar-refractivity contribution in [2.24, 2.45) is 5.92 Å². The van der Waals surface area contributed by atoms with Crippen LogP contribution in [-0.4, -0.2) is 42.9 Å². The third kappa shape index (κ3) is 1.47. The van der Waals surface area contributed by atoms with Gasteiger partial charge in [-0.3, -0.25) is 0 Å². The van der Waals surface area contributed by atoms with Crippen LogP contribution in [-0.2, 0) is 0 Å². The van der Waals surface area contributed by atoms with E-state index in [1.807, 2.05) is 0 Å². The van der Waals surface area contributed by atoms with Crippen molar-refractivity contribution >= 4 is 17.0 Å². The number of aromatic nitrogens is 4. The highest BCUT2D eigenvalue weighted by Gasteiger charge is 2.42. The average molecular weight is 235 g/mol.